The van der Waals surface area contributed by atoms with E-state index >= 15 is 0 Å². The van der Waals surface area contributed by atoms with E-state index in [2.05, 4.69) is 0 Å². The Hall–Kier alpha value is -1.63. The number of aliphatic hydroxyl groups is 1. The van der Waals surface area contributed by atoms with Gasteiger partial charge in [0.2, 0.25) is 0 Å². The van der Waals surface area contributed by atoms with Crippen molar-refractivity contribution in [2.45, 2.75) is 6.10 Å². The number of hydrogen-bond acceptors (Lipinski definition) is 6. The van der Waals surface area contributed by atoms with Crippen LogP contribution in [0.25, 0.3) is 0 Å². The molecule has 0 aliphatic heterocycles. The highest BCUT2D eigenvalue weighted by Crippen LogP contribution is 2.27. The first kappa shape index (κ1) is 16.4. The zero-order valence-electron chi connectivity index (χ0n) is 11.7. The lowest BCUT2D eigenvalue weighted by Crippen LogP contribution is -2.24. The van der Waals surface area contributed by atoms with Crippen molar-refractivity contribution in [3.8, 4) is 11.5 Å². The van der Waals surface area contributed by atoms with Crippen LogP contribution in [0, 0.1) is 0 Å². The summed E-state index contributed by atoms with van der Waals surface area (Å²) >= 11 is 0. The molecule has 0 fully saturated rings. The molecule has 0 aliphatic rings. The third-order valence-corrected chi connectivity index (χ3v) is 2.50. The summed E-state index contributed by atoms with van der Waals surface area (Å²) < 4.78 is 20.6. The molecule has 0 saturated heterocycles. The van der Waals surface area contributed by atoms with Gasteiger partial charge in [-0.15, -0.1) is 0 Å². The Balaban J connectivity index is 2.42. The molecule has 0 saturated carbocycles. The van der Waals surface area contributed by atoms with E-state index in [4.69, 9.17) is 18.9 Å². The van der Waals surface area contributed by atoms with Gasteiger partial charge in [0.1, 0.15) is 19.0 Å². The number of aliphatic hydroxyl groups excluding tert-OH is 1. The lowest BCUT2D eigenvalue weighted by Gasteiger charge is -2.14. The topological polar surface area (TPSA) is 74.2 Å². The molecule has 0 aromatic heterocycles. The predicted molar refractivity (Wildman–Crippen MR) is 72.6 cm³/mol. The van der Waals surface area contributed by atoms with Crippen molar-refractivity contribution in [1.29, 1.82) is 0 Å². The molecule has 1 atom stereocenters. The van der Waals surface area contributed by atoms with Crippen LogP contribution in [0.3, 0.4) is 0 Å². The number of methoxy groups -OCH3 is 2. The van der Waals surface area contributed by atoms with Crippen LogP contribution in [0.15, 0.2) is 18.2 Å². The first-order valence-corrected chi connectivity index (χ1v) is 6.22. The average molecular weight is 284 g/mol. The van der Waals surface area contributed by atoms with Crippen molar-refractivity contribution in [2.75, 3.05) is 40.6 Å². The maximum Gasteiger partial charge on any atom is 0.161 e. The van der Waals surface area contributed by atoms with Crippen LogP contribution in [0.1, 0.15) is 10.4 Å². The second-order valence-electron chi connectivity index (χ2n) is 4.06. The van der Waals surface area contributed by atoms with E-state index in [1.165, 1.54) is 7.11 Å². The van der Waals surface area contributed by atoms with E-state index in [1.54, 1.807) is 25.3 Å². The van der Waals surface area contributed by atoms with E-state index in [0.29, 0.717) is 30.3 Å². The summed E-state index contributed by atoms with van der Waals surface area (Å²) in [6.07, 6.45) is -0.0209. The fraction of sp³-hybridized carbons (Fsp3) is 0.500. The van der Waals surface area contributed by atoms with Crippen molar-refractivity contribution in [1.82, 2.24) is 0 Å². The smallest absolute Gasteiger partial charge is 0.161 e. The lowest BCUT2D eigenvalue weighted by molar-refractivity contribution is -0.00450. The van der Waals surface area contributed by atoms with Gasteiger partial charge in [-0.05, 0) is 18.2 Å². The fourth-order valence-corrected chi connectivity index (χ4v) is 1.47. The van der Waals surface area contributed by atoms with Crippen LogP contribution in [-0.2, 0) is 9.47 Å². The molecule has 1 rings (SSSR count). The van der Waals surface area contributed by atoms with Gasteiger partial charge < -0.3 is 24.1 Å². The first-order valence-electron chi connectivity index (χ1n) is 6.22. The van der Waals surface area contributed by atoms with Gasteiger partial charge in [0, 0.05) is 12.7 Å². The molecule has 0 aliphatic carbocycles. The van der Waals surface area contributed by atoms with E-state index < -0.39 is 6.10 Å². The molecule has 0 radical (unpaired) electrons. The maximum atomic E-state index is 10.7. The molecule has 0 bridgehead atoms. The minimum absolute atomic E-state index is 0.0732. The Bertz CT molecular complexity index is 407. The molecule has 6 heteroatoms. The first-order chi connectivity index (χ1) is 9.71. The largest absolute Gasteiger partial charge is 0.493 e. The number of ether oxygens (including phenoxy) is 4. The van der Waals surface area contributed by atoms with Gasteiger partial charge in [0.05, 0.1) is 26.9 Å². The minimum Gasteiger partial charge on any atom is -0.493 e. The summed E-state index contributed by atoms with van der Waals surface area (Å²) in [5.74, 6) is 0.913. The summed E-state index contributed by atoms with van der Waals surface area (Å²) in [5, 5.41) is 9.69. The fourth-order valence-electron chi connectivity index (χ4n) is 1.47. The Kier molecular flexibility index (Phi) is 7.64. The van der Waals surface area contributed by atoms with Crippen molar-refractivity contribution in [3.63, 3.8) is 0 Å². The molecule has 0 amide bonds. The van der Waals surface area contributed by atoms with Gasteiger partial charge in [-0.1, -0.05) is 0 Å². The van der Waals surface area contributed by atoms with Gasteiger partial charge in [0.25, 0.3) is 0 Å². The summed E-state index contributed by atoms with van der Waals surface area (Å²) in [5.41, 5.74) is 0.498. The molecule has 112 valence electrons. The normalized spacial score (nSPS) is 11.9. The molecular formula is C14H20O6. The Morgan fingerprint density at radius 3 is 2.65 bits per heavy atom. The Morgan fingerprint density at radius 1 is 1.20 bits per heavy atom. The third-order valence-electron chi connectivity index (χ3n) is 2.50. The predicted octanol–water partition coefficient (Wildman–Crippen LogP) is 0.910. The van der Waals surface area contributed by atoms with E-state index in [1.807, 2.05) is 0 Å². The van der Waals surface area contributed by atoms with Crippen LogP contribution in [-0.4, -0.2) is 58.1 Å². The number of carbonyl (C=O) groups is 1. The van der Waals surface area contributed by atoms with Crippen LogP contribution >= 0.6 is 0 Å². The zero-order chi connectivity index (χ0) is 14.8. The summed E-state index contributed by atoms with van der Waals surface area (Å²) in [4.78, 5) is 10.7. The number of hydrogen-bond donors (Lipinski definition) is 1. The van der Waals surface area contributed by atoms with E-state index in [-0.39, 0.29) is 13.2 Å². The van der Waals surface area contributed by atoms with Crippen LogP contribution < -0.4 is 9.47 Å². The number of rotatable bonds is 10. The molecular weight excluding hydrogens is 264 g/mol. The SMILES string of the molecule is COCCOCC(O)COc1ccc(C=O)cc1OC. The molecule has 20 heavy (non-hydrogen) atoms. The van der Waals surface area contributed by atoms with Gasteiger partial charge in [-0.3, -0.25) is 4.79 Å². The zero-order valence-corrected chi connectivity index (χ0v) is 11.7. The van der Waals surface area contributed by atoms with Crippen molar-refractivity contribution >= 4 is 6.29 Å². The number of carbonyl (C=O) groups excluding carboxylic acids is 1. The Labute approximate surface area is 118 Å². The van der Waals surface area contributed by atoms with Gasteiger partial charge in [0.15, 0.2) is 11.5 Å². The standard InChI is InChI=1S/C14H20O6/c1-17-5-6-19-9-12(16)10-20-13-4-3-11(8-15)7-14(13)18-2/h3-4,7-8,12,16H,5-6,9-10H2,1-2H3. The third kappa shape index (κ3) is 5.56. The van der Waals surface area contributed by atoms with Crippen LogP contribution in [0.2, 0.25) is 0 Å². The van der Waals surface area contributed by atoms with Crippen LogP contribution in [0.4, 0.5) is 0 Å². The van der Waals surface area contributed by atoms with Gasteiger partial charge in [-0.25, -0.2) is 0 Å². The summed E-state index contributed by atoms with van der Waals surface area (Å²) in [7, 11) is 3.07. The van der Waals surface area contributed by atoms with Crippen LogP contribution in [0.5, 0.6) is 11.5 Å². The molecule has 0 heterocycles. The second-order valence-corrected chi connectivity index (χ2v) is 4.06. The monoisotopic (exact) mass is 284 g/mol. The van der Waals surface area contributed by atoms with Gasteiger partial charge >= 0.3 is 0 Å². The van der Waals surface area contributed by atoms with Crippen molar-refractivity contribution < 1.29 is 28.8 Å². The molecule has 1 N–H and O–H groups in total. The number of aldehydes is 1. The van der Waals surface area contributed by atoms with E-state index in [9.17, 15) is 9.90 Å². The Morgan fingerprint density at radius 2 is 2.00 bits per heavy atom. The van der Waals surface area contributed by atoms with E-state index in [0.717, 1.165) is 6.29 Å². The highest BCUT2D eigenvalue weighted by atomic mass is 16.5. The average Bonchev–Trinajstić information content (AvgIpc) is 2.49. The minimum atomic E-state index is -0.748. The van der Waals surface area contributed by atoms with Gasteiger partial charge in [-0.2, -0.15) is 0 Å². The number of benzene rings is 1. The van der Waals surface area contributed by atoms with Crippen molar-refractivity contribution in [2.24, 2.45) is 0 Å². The maximum absolute atomic E-state index is 10.7. The molecule has 1 unspecified atom stereocenters. The molecule has 1 aromatic carbocycles. The summed E-state index contributed by atoms with van der Waals surface area (Å²) in [6.45, 7) is 1.14. The quantitative estimate of drug-likeness (QED) is 0.508. The second kappa shape index (κ2) is 9.30. The highest BCUT2D eigenvalue weighted by molar-refractivity contribution is 5.76. The summed E-state index contributed by atoms with van der Waals surface area (Å²) in [6, 6.07) is 4.82. The molecule has 6 nitrogen and oxygen atoms in total. The highest BCUT2D eigenvalue weighted by Gasteiger charge is 2.09. The molecule has 1 aromatic rings. The molecule has 0 spiro atoms. The van der Waals surface area contributed by atoms with Crippen molar-refractivity contribution in [3.05, 3.63) is 23.8 Å². The lowest BCUT2D eigenvalue weighted by atomic mass is 10.2.